The Morgan fingerprint density at radius 2 is 1.88 bits per heavy atom. The molecule has 3 heterocycles. The lowest BCUT2D eigenvalue weighted by atomic mass is 9.95. The average Bonchev–Trinajstić information content (AvgIpc) is 3.50. The Hall–Kier alpha value is -3.42. The van der Waals surface area contributed by atoms with Crippen molar-refractivity contribution >= 4 is 11.8 Å². The van der Waals surface area contributed by atoms with Gasteiger partial charge in [0.2, 0.25) is 17.6 Å². The summed E-state index contributed by atoms with van der Waals surface area (Å²) in [6, 6.07) is 10.6. The Kier molecular flexibility index (Phi) is 6.39. The Morgan fingerprint density at radius 3 is 2.53 bits per heavy atom. The van der Waals surface area contributed by atoms with Crippen molar-refractivity contribution in [3.05, 3.63) is 59.9 Å². The fourth-order valence-electron chi connectivity index (χ4n) is 4.01. The largest absolute Gasteiger partial charge is 0.459 e. The van der Waals surface area contributed by atoms with Crippen molar-refractivity contribution in [3.63, 3.8) is 0 Å². The molecular formula is C24H28N4O4. The van der Waals surface area contributed by atoms with Crippen molar-refractivity contribution in [3.8, 4) is 11.4 Å². The number of nitrogens with one attached hydrogen (secondary N) is 1. The number of aromatic nitrogens is 2. The molecule has 1 saturated heterocycles. The molecule has 1 aliphatic rings. The number of amides is 2. The highest BCUT2D eigenvalue weighted by molar-refractivity contribution is 5.95. The number of nitrogens with zero attached hydrogens (tertiary/aromatic N) is 3. The molecule has 0 aliphatic carbocycles. The summed E-state index contributed by atoms with van der Waals surface area (Å²) in [7, 11) is 0. The van der Waals surface area contributed by atoms with Gasteiger partial charge in [-0.1, -0.05) is 43.3 Å². The second-order valence-electron chi connectivity index (χ2n) is 8.54. The quantitative estimate of drug-likeness (QED) is 0.631. The minimum Gasteiger partial charge on any atom is -0.459 e. The van der Waals surface area contributed by atoms with Gasteiger partial charge in [0.25, 0.3) is 5.91 Å². The van der Waals surface area contributed by atoms with Gasteiger partial charge in [-0.2, -0.15) is 4.98 Å². The summed E-state index contributed by atoms with van der Waals surface area (Å²) in [5, 5.41) is 6.98. The summed E-state index contributed by atoms with van der Waals surface area (Å²) >= 11 is 0. The Morgan fingerprint density at radius 1 is 1.12 bits per heavy atom. The zero-order chi connectivity index (χ0) is 22.7. The van der Waals surface area contributed by atoms with Gasteiger partial charge in [-0.05, 0) is 43.4 Å². The van der Waals surface area contributed by atoms with Gasteiger partial charge in [0.05, 0.1) is 6.26 Å². The number of hydrogen-bond donors (Lipinski definition) is 1. The second-order valence-corrected chi connectivity index (χ2v) is 8.54. The van der Waals surface area contributed by atoms with E-state index < -0.39 is 6.04 Å². The van der Waals surface area contributed by atoms with Crippen LogP contribution in [0.3, 0.4) is 0 Å². The summed E-state index contributed by atoms with van der Waals surface area (Å²) < 4.78 is 10.7. The van der Waals surface area contributed by atoms with Crippen LogP contribution in [-0.2, 0) is 4.79 Å². The maximum absolute atomic E-state index is 13.1. The van der Waals surface area contributed by atoms with E-state index in [-0.39, 0.29) is 29.4 Å². The van der Waals surface area contributed by atoms with E-state index in [2.05, 4.69) is 15.5 Å². The molecule has 1 atom stereocenters. The van der Waals surface area contributed by atoms with Crippen LogP contribution in [0.2, 0.25) is 0 Å². The zero-order valence-corrected chi connectivity index (χ0v) is 18.6. The molecular weight excluding hydrogens is 408 g/mol. The fourth-order valence-corrected chi connectivity index (χ4v) is 4.01. The molecule has 32 heavy (non-hydrogen) atoms. The summed E-state index contributed by atoms with van der Waals surface area (Å²) in [5.41, 5.74) is 2.05. The molecule has 1 fully saturated rings. The lowest BCUT2D eigenvalue weighted by Gasteiger charge is -2.34. The standard InChI is InChI=1S/C24H28N4O4/c1-15(2)20(25-22(29)19-9-6-14-31-19)24(30)28-12-10-17(11-13-28)23-26-21(27-32-23)18-8-5-4-7-16(18)3/h4-9,14-15,17,20H,10-13H2,1-3H3,(H,25,29)/t20-/m1/s1. The normalized spacial score (nSPS) is 15.7. The van der Waals surface area contributed by atoms with E-state index in [1.807, 2.05) is 49.9 Å². The van der Waals surface area contributed by atoms with Crippen LogP contribution in [0.1, 0.15) is 54.6 Å². The van der Waals surface area contributed by atoms with Gasteiger partial charge in [-0.25, -0.2) is 0 Å². The molecule has 2 amide bonds. The minimum atomic E-state index is -0.611. The predicted octanol–water partition coefficient (Wildman–Crippen LogP) is 3.80. The average molecular weight is 437 g/mol. The third kappa shape index (κ3) is 4.59. The lowest BCUT2D eigenvalue weighted by molar-refractivity contribution is -0.135. The Bertz CT molecular complexity index is 1070. The summed E-state index contributed by atoms with van der Waals surface area (Å²) in [6.45, 7) is 7.01. The molecule has 0 radical (unpaired) electrons. The zero-order valence-electron chi connectivity index (χ0n) is 18.6. The molecule has 0 saturated carbocycles. The third-order valence-electron chi connectivity index (χ3n) is 5.95. The monoisotopic (exact) mass is 436 g/mol. The van der Waals surface area contributed by atoms with E-state index in [1.165, 1.54) is 6.26 Å². The smallest absolute Gasteiger partial charge is 0.287 e. The topological polar surface area (TPSA) is 101 Å². The maximum atomic E-state index is 13.1. The highest BCUT2D eigenvalue weighted by atomic mass is 16.5. The van der Waals surface area contributed by atoms with Gasteiger partial charge >= 0.3 is 0 Å². The first kappa shape index (κ1) is 21.8. The molecule has 3 aromatic rings. The van der Waals surface area contributed by atoms with Crippen molar-refractivity contribution < 1.29 is 18.5 Å². The van der Waals surface area contributed by atoms with Crippen LogP contribution in [0.5, 0.6) is 0 Å². The molecule has 0 spiro atoms. The number of aryl methyl sites for hydroxylation is 1. The minimum absolute atomic E-state index is 0.0493. The molecule has 0 unspecified atom stereocenters. The summed E-state index contributed by atoms with van der Waals surface area (Å²) in [4.78, 5) is 32.0. The van der Waals surface area contributed by atoms with Crippen molar-refractivity contribution in [2.45, 2.75) is 45.6 Å². The fraction of sp³-hybridized carbons (Fsp3) is 0.417. The molecule has 1 aliphatic heterocycles. The van der Waals surface area contributed by atoms with Crippen LogP contribution in [-0.4, -0.2) is 46.0 Å². The number of rotatable bonds is 6. The van der Waals surface area contributed by atoms with Crippen LogP contribution in [0, 0.1) is 12.8 Å². The molecule has 1 N–H and O–H groups in total. The van der Waals surface area contributed by atoms with Crippen molar-refractivity contribution in [1.29, 1.82) is 0 Å². The van der Waals surface area contributed by atoms with Gasteiger partial charge in [-0.15, -0.1) is 0 Å². The van der Waals surface area contributed by atoms with E-state index in [1.54, 1.807) is 12.1 Å². The van der Waals surface area contributed by atoms with E-state index in [4.69, 9.17) is 8.94 Å². The second kappa shape index (κ2) is 9.38. The van der Waals surface area contributed by atoms with Gasteiger partial charge in [-0.3, -0.25) is 9.59 Å². The number of hydrogen-bond acceptors (Lipinski definition) is 6. The van der Waals surface area contributed by atoms with Gasteiger partial charge < -0.3 is 19.2 Å². The van der Waals surface area contributed by atoms with Crippen LogP contribution >= 0.6 is 0 Å². The lowest BCUT2D eigenvalue weighted by Crippen LogP contribution is -2.52. The number of piperidine rings is 1. The highest BCUT2D eigenvalue weighted by Crippen LogP contribution is 2.29. The number of carbonyl (C=O) groups excluding carboxylic acids is 2. The molecule has 4 rings (SSSR count). The molecule has 2 aromatic heterocycles. The van der Waals surface area contributed by atoms with E-state index in [0.29, 0.717) is 24.8 Å². The predicted molar refractivity (Wildman–Crippen MR) is 118 cm³/mol. The molecule has 8 nitrogen and oxygen atoms in total. The summed E-state index contributed by atoms with van der Waals surface area (Å²) in [5.74, 6) is 1.00. The van der Waals surface area contributed by atoms with Crippen LogP contribution in [0.25, 0.3) is 11.4 Å². The number of furan rings is 1. The van der Waals surface area contributed by atoms with E-state index in [0.717, 1.165) is 24.0 Å². The molecule has 0 bridgehead atoms. The Labute approximate surface area is 187 Å². The first-order valence-electron chi connectivity index (χ1n) is 11.0. The van der Waals surface area contributed by atoms with Crippen LogP contribution in [0.4, 0.5) is 0 Å². The third-order valence-corrected chi connectivity index (χ3v) is 5.95. The maximum Gasteiger partial charge on any atom is 0.287 e. The molecule has 168 valence electrons. The van der Waals surface area contributed by atoms with Crippen molar-refractivity contribution in [1.82, 2.24) is 20.4 Å². The van der Waals surface area contributed by atoms with Gasteiger partial charge in [0.15, 0.2) is 5.76 Å². The van der Waals surface area contributed by atoms with Gasteiger partial charge in [0.1, 0.15) is 6.04 Å². The van der Waals surface area contributed by atoms with E-state index >= 15 is 0 Å². The highest BCUT2D eigenvalue weighted by Gasteiger charge is 2.33. The SMILES string of the molecule is Cc1ccccc1-c1noc(C2CCN(C(=O)[C@H](NC(=O)c3ccco3)C(C)C)CC2)n1. The van der Waals surface area contributed by atoms with Gasteiger partial charge in [0, 0.05) is 24.6 Å². The molecule has 1 aromatic carbocycles. The number of benzene rings is 1. The van der Waals surface area contributed by atoms with Crippen molar-refractivity contribution in [2.24, 2.45) is 5.92 Å². The van der Waals surface area contributed by atoms with E-state index in [9.17, 15) is 9.59 Å². The number of likely N-dealkylation sites (tertiary alicyclic amines) is 1. The van der Waals surface area contributed by atoms with Crippen molar-refractivity contribution in [2.75, 3.05) is 13.1 Å². The first-order valence-corrected chi connectivity index (χ1v) is 11.0. The van der Waals surface area contributed by atoms with Crippen LogP contribution < -0.4 is 5.32 Å². The summed E-state index contributed by atoms with van der Waals surface area (Å²) in [6.07, 6.45) is 2.91. The number of carbonyl (C=O) groups is 2. The Balaban J connectivity index is 1.38. The van der Waals surface area contributed by atoms with Crippen LogP contribution in [0.15, 0.2) is 51.6 Å². The first-order chi connectivity index (χ1) is 15.4. The molecule has 8 heteroatoms.